The van der Waals surface area contributed by atoms with Crippen LogP contribution >= 0.6 is 23.2 Å². The monoisotopic (exact) mass is 291 g/mol. The number of carbonyl (C=O) groups excluding carboxylic acids is 1. The molecule has 0 aliphatic heterocycles. The van der Waals surface area contributed by atoms with Gasteiger partial charge in [0.2, 0.25) is 5.78 Å². The van der Waals surface area contributed by atoms with Gasteiger partial charge in [0.25, 0.3) is 0 Å². The fourth-order valence-corrected chi connectivity index (χ4v) is 2.22. The van der Waals surface area contributed by atoms with Gasteiger partial charge in [0.1, 0.15) is 5.15 Å². The summed E-state index contributed by atoms with van der Waals surface area (Å²) in [6.07, 6.45) is 1.48. The molecule has 0 radical (unpaired) electrons. The molecule has 0 spiro atoms. The summed E-state index contributed by atoms with van der Waals surface area (Å²) in [5, 5.41) is 1.53. The fraction of sp³-hybridized carbons (Fsp3) is 0. The van der Waals surface area contributed by atoms with Gasteiger partial charge in [-0.3, -0.25) is 4.79 Å². The maximum atomic E-state index is 12.3. The van der Waals surface area contributed by atoms with Crippen LogP contribution in [0.15, 0.2) is 47.0 Å². The first kappa shape index (κ1) is 12.2. The number of fused-ring (bicyclic) bond motifs is 1. The van der Waals surface area contributed by atoms with Gasteiger partial charge in [0.15, 0.2) is 11.3 Å². The van der Waals surface area contributed by atoms with Crippen molar-refractivity contribution in [3.8, 4) is 0 Å². The van der Waals surface area contributed by atoms with Gasteiger partial charge in [-0.05, 0) is 24.3 Å². The molecule has 0 fully saturated rings. The van der Waals surface area contributed by atoms with Crippen LogP contribution in [-0.4, -0.2) is 10.8 Å². The summed E-state index contributed by atoms with van der Waals surface area (Å²) >= 11 is 11.8. The number of rotatable bonds is 2. The van der Waals surface area contributed by atoms with Crippen LogP contribution in [0.5, 0.6) is 0 Å². The third-order valence-electron chi connectivity index (χ3n) is 2.71. The first-order valence-electron chi connectivity index (χ1n) is 5.49. The molecule has 3 aromatic rings. The van der Waals surface area contributed by atoms with Crippen LogP contribution in [0.25, 0.3) is 11.0 Å². The molecule has 0 saturated heterocycles. The van der Waals surface area contributed by atoms with E-state index in [9.17, 15) is 4.79 Å². The van der Waals surface area contributed by atoms with Crippen LogP contribution < -0.4 is 0 Å². The van der Waals surface area contributed by atoms with E-state index in [1.807, 2.05) is 6.07 Å². The van der Waals surface area contributed by atoms with Crippen LogP contribution in [0, 0.1) is 0 Å². The van der Waals surface area contributed by atoms with Gasteiger partial charge in [-0.25, -0.2) is 4.98 Å². The first-order chi connectivity index (χ1) is 9.15. The van der Waals surface area contributed by atoms with Crippen molar-refractivity contribution in [2.75, 3.05) is 0 Å². The predicted octanol–water partition coefficient (Wildman–Crippen LogP) is 4.37. The molecule has 94 valence electrons. The Morgan fingerprint density at radius 2 is 2.00 bits per heavy atom. The third-order valence-corrected chi connectivity index (χ3v) is 3.21. The molecule has 2 aromatic heterocycles. The Balaban J connectivity index is 2.09. The zero-order chi connectivity index (χ0) is 13.4. The number of carbonyl (C=O) groups is 1. The number of benzene rings is 1. The van der Waals surface area contributed by atoms with Crippen LogP contribution in [-0.2, 0) is 0 Å². The highest BCUT2D eigenvalue weighted by molar-refractivity contribution is 6.35. The van der Waals surface area contributed by atoms with E-state index >= 15 is 0 Å². The lowest BCUT2D eigenvalue weighted by Gasteiger charge is -1.97. The average Bonchev–Trinajstić information content (AvgIpc) is 2.83. The number of aromatic nitrogens is 1. The molecule has 19 heavy (non-hydrogen) atoms. The van der Waals surface area contributed by atoms with E-state index in [1.165, 1.54) is 12.3 Å². The van der Waals surface area contributed by atoms with Gasteiger partial charge in [0.05, 0.1) is 5.02 Å². The molecule has 3 nitrogen and oxygen atoms in total. The van der Waals surface area contributed by atoms with E-state index in [-0.39, 0.29) is 16.7 Å². The van der Waals surface area contributed by atoms with Crippen molar-refractivity contribution in [3.05, 3.63) is 64.1 Å². The highest BCUT2D eigenvalue weighted by Crippen LogP contribution is 2.27. The number of halogens is 2. The van der Waals surface area contributed by atoms with Crippen molar-refractivity contribution in [3.63, 3.8) is 0 Å². The lowest BCUT2D eigenvalue weighted by Crippen LogP contribution is -1.99. The standard InChI is InChI=1S/C14H7Cl2NO2/c15-10-3-1-2-9-6-11(19-14(9)10)13(18)8-4-5-17-12(16)7-8/h1-7H. The molecule has 1 aromatic carbocycles. The number of hydrogen-bond donors (Lipinski definition) is 0. The minimum Gasteiger partial charge on any atom is -0.451 e. The zero-order valence-corrected chi connectivity index (χ0v) is 11.1. The van der Waals surface area contributed by atoms with Crippen molar-refractivity contribution in [2.45, 2.75) is 0 Å². The highest BCUT2D eigenvalue weighted by atomic mass is 35.5. The first-order valence-corrected chi connectivity index (χ1v) is 6.25. The summed E-state index contributed by atoms with van der Waals surface area (Å²) in [5.41, 5.74) is 0.933. The Labute approximate surface area is 118 Å². The van der Waals surface area contributed by atoms with Gasteiger partial charge in [-0.1, -0.05) is 35.3 Å². The molecule has 0 atom stereocenters. The molecule has 0 aliphatic rings. The fourth-order valence-electron chi connectivity index (χ4n) is 1.83. The van der Waals surface area contributed by atoms with Gasteiger partial charge in [0, 0.05) is 17.1 Å². The number of para-hydroxylation sites is 1. The molecular weight excluding hydrogens is 285 g/mol. The van der Waals surface area contributed by atoms with Crippen LogP contribution in [0.1, 0.15) is 16.1 Å². The molecule has 0 amide bonds. The van der Waals surface area contributed by atoms with E-state index in [0.29, 0.717) is 16.2 Å². The molecule has 0 unspecified atom stereocenters. The molecule has 0 N–H and O–H groups in total. The Bertz CT molecular complexity index is 780. The summed E-state index contributed by atoms with van der Waals surface area (Å²) < 4.78 is 5.51. The van der Waals surface area contributed by atoms with Crippen LogP contribution in [0.3, 0.4) is 0 Å². The Morgan fingerprint density at radius 3 is 2.74 bits per heavy atom. The lowest BCUT2D eigenvalue weighted by atomic mass is 10.1. The van der Waals surface area contributed by atoms with Crippen molar-refractivity contribution in [1.29, 1.82) is 0 Å². The second kappa shape index (κ2) is 4.68. The van der Waals surface area contributed by atoms with E-state index < -0.39 is 0 Å². The van der Waals surface area contributed by atoms with Gasteiger partial charge in [-0.15, -0.1) is 0 Å². The molecule has 5 heteroatoms. The maximum absolute atomic E-state index is 12.3. The third kappa shape index (κ3) is 2.23. The summed E-state index contributed by atoms with van der Waals surface area (Å²) in [5.74, 6) is -0.0260. The van der Waals surface area contributed by atoms with Gasteiger partial charge in [-0.2, -0.15) is 0 Å². The second-order valence-electron chi connectivity index (χ2n) is 3.97. The SMILES string of the molecule is O=C(c1ccnc(Cl)c1)c1cc2cccc(Cl)c2o1. The van der Waals surface area contributed by atoms with Crippen LogP contribution in [0.2, 0.25) is 10.2 Å². The van der Waals surface area contributed by atoms with E-state index in [2.05, 4.69) is 4.98 Å². The summed E-state index contributed by atoms with van der Waals surface area (Å²) in [6, 6.07) is 10.1. The van der Waals surface area contributed by atoms with Crippen LogP contribution in [0.4, 0.5) is 0 Å². The van der Waals surface area contributed by atoms with Crippen molar-refractivity contribution in [1.82, 2.24) is 4.98 Å². The summed E-state index contributed by atoms with van der Waals surface area (Å²) in [6.45, 7) is 0. The van der Waals surface area contributed by atoms with Gasteiger partial charge >= 0.3 is 0 Å². The molecule has 0 bridgehead atoms. The van der Waals surface area contributed by atoms with Crippen molar-refractivity contribution >= 4 is 40.0 Å². The summed E-state index contributed by atoms with van der Waals surface area (Å²) in [4.78, 5) is 16.1. The van der Waals surface area contributed by atoms with Crippen molar-refractivity contribution in [2.24, 2.45) is 0 Å². The summed E-state index contributed by atoms with van der Waals surface area (Å²) in [7, 11) is 0. The predicted molar refractivity (Wildman–Crippen MR) is 73.9 cm³/mol. The quantitative estimate of drug-likeness (QED) is 0.520. The second-order valence-corrected chi connectivity index (χ2v) is 4.76. The topological polar surface area (TPSA) is 43.1 Å². The highest BCUT2D eigenvalue weighted by Gasteiger charge is 2.16. The minimum absolute atomic E-state index is 0.227. The van der Waals surface area contributed by atoms with E-state index in [0.717, 1.165) is 5.39 Å². The number of ketones is 1. The minimum atomic E-state index is -0.253. The lowest BCUT2D eigenvalue weighted by molar-refractivity contribution is 0.101. The smallest absolute Gasteiger partial charge is 0.228 e. The average molecular weight is 292 g/mol. The Hall–Kier alpha value is -1.84. The maximum Gasteiger partial charge on any atom is 0.228 e. The van der Waals surface area contributed by atoms with Crippen molar-refractivity contribution < 1.29 is 9.21 Å². The van der Waals surface area contributed by atoms with E-state index in [1.54, 1.807) is 24.3 Å². The molecule has 2 heterocycles. The van der Waals surface area contributed by atoms with Gasteiger partial charge < -0.3 is 4.42 Å². The number of pyridine rings is 1. The molecular formula is C14H7Cl2NO2. The zero-order valence-electron chi connectivity index (χ0n) is 9.56. The number of furan rings is 1. The molecule has 0 saturated carbocycles. The number of hydrogen-bond acceptors (Lipinski definition) is 3. The molecule has 0 aliphatic carbocycles. The largest absolute Gasteiger partial charge is 0.451 e. The number of nitrogens with zero attached hydrogens (tertiary/aromatic N) is 1. The van der Waals surface area contributed by atoms with E-state index in [4.69, 9.17) is 27.6 Å². The molecule has 3 rings (SSSR count). The normalized spacial score (nSPS) is 10.8. The Morgan fingerprint density at radius 1 is 1.16 bits per heavy atom. The Kier molecular flexibility index (Phi) is 3.01.